The monoisotopic (exact) mass is 361 g/mol. The SMILES string of the molecule is Cc1cccc(C)c1N(CCC(=O)NCc1ccccn1)S(C)(=O)=O. The second kappa shape index (κ2) is 8.11. The molecule has 1 aromatic heterocycles. The lowest BCUT2D eigenvalue weighted by atomic mass is 10.1. The largest absolute Gasteiger partial charge is 0.350 e. The van der Waals surface area contributed by atoms with E-state index in [4.69, 9.17) is 0 Å². The highest BCUT2D eigenvalue weighted by atomic mass is 32.2. The van der Waals surface area contributed by atoms with Crippen LogP contribution in [0.3, 0.4) is 0 Å². The molecular weight excluding hydrogens is 338 g/mol. The van der Waals surface area contributed by atoms with Gasteiger partial charge in [0.1, 0.15) is 0 Å². The fraction of sp³-hybridized carbons (Fsp3) is 0.333. The van der Waals surface area contributed by atoms with E-state index in [0.29, 0.717) is 12.2 Å². The summed E-state index contributed by atoms with van der Waals surface area (Å²) in [6, 6.07) is 11.1. The summed E-state index contributed by atoms with van der Waals surface area (Å²) in [6.45, 7) is 4.14. The van der Waals surface area contributed by atoms with Gasteiger partial charge in [0.25, 0.3) is 0 Å². The molecule has 1 N–H and O–H groups in total. The molecule has 0 saturated heterocycles. The summed E-state index contributed by atoms with van der Waals surface area (Å²) in [5, 5.41) is 2.76. The summed E-state index contributed by atoms with van der Waals surface area (Å²) in [6.07, 6.45) is 2.90. The van der Waals surface area contributed by atoms with Crippen LogP contribution in [0.25, 0.3) is 0 Å². The molecule has 0 saturated carbocycles. The van der Waals surface area contributed by atoms with Crippen LogP contribution in [-0.2, 0) is 21.4 Å². The van der Waals surface area contributed by atoms with Crippen molar-refractivity contribution in [2.45, 2.75) is 26.8 Å². The maximum atomic E-state index is 12.2. The van der Waals surface area contributed by atoms with Gasteiger partial charge in [-0.2, -0.15) is 0 Å². The number of aromatic nitrogens is 1. The first-order valence-corrected chi connectivity index (χ1v) is 9.84. The fourth-order valence-electron chi connectivity index (χ4n) is 2.63. The molecule has 0 spiro atoms. The zero-order valence-electron chi connectivity index (χ0n) is 14.7. The van der Waals surface area contributed by atoms with Gasteiger partial charge in [-0.05, 0) is 37.1 Å². The predicted molar refractivity (Wildman–Crippen MR) is 98.8 cm³/mol. The van der Waals surface area contributed by atoms with E-state index < -0.39 is 10.0 Å². The number of aryl methyl sites for hydroxylation is 2. The number of sulfonamides is 1. The first kappa shape index (κ1) is 18.9. The molecule has 0 aliphatic heterocycles. The fourth-order valence-corrected chi connectivity index (χ4v) is 3.67. The van der Waals surface area contributed by atoms with E-state index in [-0.39, 0.29) is 18.9 Å². The molecule has 1 aromatic carbocycles. The van der Waals surface area contributed by atoms with Crippen molar-refractivity contribution in [2.24, 2.45) is 0 Å². The highest BCUT2D eigenvalue weighted by Crippen LogP contribution is 2.26. The van der Waals surface area contributed by atoms with Gasteiger partial charge in [0, 0.05) is 19.2 Å². The number of carbonyl (C=O) groups is 1. The Morgan fingerprint density at radius 1 is 1.12 bits per heavy atom. The van der Waals surface area contributed by atoms with Crippen LogP contribution in [0.2, 0.25) is 0 Å². The summed E-state index contributed by atoms with van der Waals surface area (Å²) >= 11 is 0. The topological polar surface area (TPSA) is 79.4 Å². The number of para-hydroxylation sites is 1. The molecule has 134 valence electrons. The molecule has 0 aliphatic carbocycles. The molecule has 0 atom stereocenters. The van der Waals surface area contributed by atoms with Crippen LogP contribution in [0.5, 0.6) is 0 Å². The van der Waals surface area contributed by atoms with Gasteiger partial charge in [-0.15, -0.1) is 0 Å². The zero-order valence-corrected chi connectivity index (χ0v) is 15.5. The van der Waals surface area contributed by atoms with E-state index in [9.17, 15) is 13.2 Å². The molecular formula is C18H23N3O3S. The van der Waals surface area contributed by atoms with Gasteiger partial charge in [0.05, 0.1) is 24.2 Å². The van der Waals surface area contributed by atoms with Gasteiger partial charge in [-0.1, -0.05) is 24.3 Å². The van der Waals surface area contributed by atoms with E-state index in [1.807, 2.05) is 44.2 Å². The number of nitrogens with zero attached hydrogens (tertiary/aromatic N) is 2. The van der Waals surface area contributed by atoms with Crippen LogP contribution in [0.4, 0.5) is 5.69 Å². The molecule has 0 radical (unpaired) electrons. The van der Waals surface area contributed by atoms with Gasteiger partial charge < -0.3 is 5.32 Å². The van der Waals surface area contributed by atoms with Crippen molar-refractivity contribution in [1.29, 1.82) is 0 Å². The van der Waals surface area contributed by atoms with Gasteiger partial charge in [-0.25, -0.2) is 8.42 Å². The Morgan fingerprint density at radius 3 is 2.36 bits per heavy atom. The van der Waals surface area contributed by atoms with Crippen molar-refractivity contribution in [1.82, 2.24) is 10.3 Å². The average molecular weight is 361 g/mol. The number of anilines is 1. The van der Waals surface area contributed by atoms with Crippen LogP contribution in [0.1, 0.15) is 23.2 Å². The van der Waals surface area contributed by atoms with E-state index in [0.717, 1.165) is 23.1 Å². The summed E-state index contributed by atoms with van der Waals surface area (Å²) in [4.78, 5) is 16.2. The minimum atomic E-state index is -3.48. The average Bonchev–Trinajstić information content (AvgIpc) is 2.55. The normalized spacial score (nSPS) is 11.2. The standard InChI is InChI=1S/C18H23N3O3S/c1-14-7-6-8-15(2)18(14)21(25(3,23)24)12-10-17(22)20-13-16-9-4-5-11-19-16/h4-9,11H,10,12-13H2,1-3H3,(H,20,22). The highest BCUT2D eigenvalue weighted by Gasteiger charge is 2.21. The van der Waals surface area contributed by atoms with E-state index >= 15 is 0 Å². The molecule has 2 aromatic rings. The van der Waals surface area contributed by atoms with Crippen LogP contribution in [0.15, 0.2) is 42.6 Å². The summed E-state index contributed by atoms with van der Waals surface area (Å²) in [5.74, 6) is -0.217. The molecule has 1 amide bonds. The third kappa shape index (κ3) is 5.29. The number of nitrogens with one attached hydrogen (secondary N) is 1. The lowest BCUT2D eigenvalue weighted by molar-refractivity contribution is -0.121. The lowest BCUT2D eigenvalue weighted by Crippen LogP contribution is -2.35. The third-order valence-electron chi connectivity index (χ3n) is 3.82. The Morgan fingerprint density at radius 2 is 1.80 bits per heavy atom. The van der Waals surface area contributed by atoms with Crippen LogP contribution < -0.4 is 9.62 Å². The summed E-state index contributed by atoms with van der Waals surface area (Å²) in [7, 11) is -3.48. The first-order valence-electron chi connectivity index (χ1n) is 7.99. The molecule has 0 unspecified atom stereocenters. The van der Waals surface area contributed by atoms with E-state index in [2.05, 4.69) is 10.3 Å². The number of benzene rings is 1. The molecule has 6 nitrogen and oxygen atoms in total. The van der Waals surface area contributed by atoms with Crippen molar-refractivity contribution in [2.75, 3.05) is 17.1 Å². The number of pyridine rings is 1. The zero-order chi connectivity index (χ0) is 18.4. The number of hydrogen-bond acceptors (Lipinski definition) is 4. The predicted octanol–water partition coefficient (Wildman–Crippen LogP) is 2.17. The molecule has 2 rings (SSSR count). The Labute approximate surface area is 148 Å². The molecule has 0 fully saturated rings. The van der Waals surface area contributed by atoms with Crippen LogP contribution >= 0.6 is 0 Å². The smallest absolute Gasteiger partial charge is 0.232 e. The first-order chi connectivity index (χ1) is 11.8. The Balaban J connectivity index is 2.05. The number of hydrogen-bond donors (Lipinski definition) is 1. The second-order valence-electron chi connectivity index (χ2n) is 5.92. The minimum absolute atomic E-state index is 0.0771. The van der Waals surface area contributed by atoms with E-state index in [1.165, 1.54) is 4.31 Å². The molecule has 0 aliphatic rings. The van der Waals surface area contributed by atoms with E-state index in [1.54, 1.807) is 12.3 Å². The molecule has 1 heterocycles. The summed E-state index contributed by atoms with van der Waals surface area (Å²) in [5.41, 5.74) is 3.12. The van der Waals surface area contributed by atoms with Crippen molar-refractivity contribution >= 4 is 21.6 Å². The highest BCUT2D eigenvalue weighted by molar-refractivity contribution is 7.92. The number of rotatable bonds is 7. The molecule has 25 heavy (non-hydrogen) atoms. The second-order valence-corrected chi connectivity index (χ2v) is 7.83. The number of amides is 1. The van der Waals surface area contributed by atoms with Gasteiger partial charge in [0.2, 0.25) is 15.9 Å². The van der Waals surface area contributed by atoms with Crippen LogP contribution in [-0.4, -0.2) is 32.1 Å². The van der Waals surface area contributed by atoms with Crippen molar-refractivity contribution in [3.63, 3.8) is 0 Å². The Bertz CT molecular complexity index is 816. The number of carbonyl (C=O) groups excluding carboxylic acids is 1. The van der Waals surface area contributed by atoms with Crippen molar-refractivity contribution in [3.05, 3.63) is 59.4 Å². The van der Waals surface area contributed by atoms with Crippen molar-refractivity contribution in [3.8, 4) is 0 Å². The summed E-state index contributed by atoms with van der Waals surface area (Å²) < 4.78 is 25.7. The van der Waals surface area contributed by atoms with Gasteiger partial charge in [-0.3, -0.25) is 14.1 Å². The molecule has 0 bridgehead atoms. The minimum Gasteiger partial charge on any atom is -0.350 e. The van der Waals surface area contributed by atoms with Crippen LogP contribution in [0, 0.1) is 13.8 Å². The quantitative estimate of drug-likeness (QED) is 0.820. The Hall–Kier alpha value is -2.41. The maximum absolute atomic E-state index is 12.2. The van der Waals surface area contributed by atoms with Crippen molar-refractivity contribution < 1.29 is 13.2 Å². The van der Waals surface area contributed by atoms with Gasteiger partial charge >= 0.3 is 0 Å². The van der Waals surface area contributed by atoms with Gasteiger partial charge in [0.15, 0.2) is 0 Å². The maximum Gasteiger partial charge on any atom is 0.232 e. The lowest BCUT2D eigenvalue weighted by Gasteiger charge is -2.25. The Kier molecular flexibility index (Phi) is 6.14. The third-order valence-corrected chi connectivity index (χ3v) is 4.99. The molecule has 7 heteroatoms.